The van der Waals surface area contributed by atoms with Crippen molar-refractivity contribution >= 4 is 28.3 Å². The molecule has 1 heterocycles. The molecular formula is C15H18N4O2S. The van der Waals surface area contributed by atoms with Crippen LogP contribution >= 0.6 is 11.3 Å². The highest BCUT2D eigenvalue weighted by atomic mass is 32.1. The van der Waals surface area contributed by atoms with Crippen molar-refractivity contribution in [1.82, 2.24) is 15.5 Å². The summed E-state index contributed by atoms with van der Waals surface area (Å²) in [6.45, 7) is 3.65. The summed E-state index contributed by atoms with van der Waals surface area (Å²) < 4.78 is 0. The normalized spacial score (nSPS) is 11.7. The summed E-state index contributed by atoms with van der Waals surface area (Å²) in [7, 11) is 0. The minimum Gasteiger partial charge on any atom is -0.355 e. The summed E-state index contributed by atoms with van der Waals surface area (Å²) in [5.74, 6) is -0.851. The Kier molecular flexibility index (Phi) is 5.60. The molecule has 0 fully saturated rings. The Bertz CT molecular complexity index is 642. The molecule has 0 aliphatic heterocycles. The molecule has 0 bridgehead atoms. The molecule has 0 aliphatic carbocycles. The molecule has 6 nitrogen and oxygen atoms in total. The van der Waals surface area contributed by atoms with Crippen LogP contribution in [-0.4, -0.2) is 28.6 Å². The Hall–Kier alpha value is -2.28. The van der Waals surface area contributed by atoms with Crippen molar-refractivity contribution in [2.45, 2.75) is 26.2 Å². The number of nitrogens with zero attached hydrogens (tertiary/aromatic N) is 2. The molecule has 0 saturated heterocycles. The summed E-state index contributed by atoms with van der Waals surface area (Å²) in [6.07, 6.45) is 0.779. The Balaban J connectivity index is 2.13. The zero-order valence-corrected chi connectivity index (χ0v) is 13.3. The largest absolute Gasteiger partial charge is 0.355 e. The third-order valence-electron chi connectivity index (χ3n) is 3.07. The van der Waals surface area contributed by atoms with E-state index in [2.05, 4.69) is 20.8 Å². The number of aromatic nitrogens is 2. The topological polar surface area (TPSA) is 84.0 Å². The summed E-state index contributed by atoms with van der Waals surface area (Å²) in [5.41, 5.74) is 0.842. The predicted octanol–water partition coefficient (Wildman–Crippen LogP) is 1.96. The van der Waals surface area contributed by atoms with E-state index >= 15 is 0 Å². The maximum atomic E-state index is 12.5. The van der Waals surface area contributed by atoms with Gasteiger partial charge in [-0.3, -0.25) is 14.9 Å². The van der Waals surface area contributed by atoms with Gasteiger partial charge in [-0.05, 0) is 12.0 Å². The first-order chi connectivity index (χ1) is 10.6. The lowest BCUT2D eigenvalue weighted by Crippen LogP contribution is -2.33. The minimum atomic E-state index is -0.473. The van der Waals surface area contributed by atoms with Gasteiger partial charge in [-0.15, -0.1) is 10.2 Å². The monoisotopic (exact) mass is 318 g/mol. The van der Waals surface area contributed by atoms with Crippen LogP contribution in [0.4, 0.5) is 5.13 Å². The van der Waals surface area contributed by atoms with E-state index in [4.69, 9.17) is 0 Å². The Labute approximate surface area is 133 Å². The average molecular weight is 318 g/mol. The van der Waals surface area contributed by atoms with Crippen LogP contribution in [0, 0.1) is 0 Å². The van der Waals surface area contributed by atoms with E-state index in [1.54, 1.807) is 0 Å². The van der Waals surface area contributed by atoms with Gasteiger partial charge in [0.1, 0.15) is 5.01 Å². The van der Waals surface area contributed by atoms with Gasteiger partial charge in [0.25, 0.3) is 0 Å². The van der Waals surface area contributed by atoms with Crippen molar-refractivity contribution in [2.75, 3.05) is 11.9 Å². The first kappa shape index (κ1) is 16.1. The summed E-state index contributed by atoms with van der Waals surface area (Å²) in [6, 6.07) is 9.34. The molecule has 1 unspecified atom stereocenters. The van der Waals surface area contributed by atoms with Gasteiger partial charge >= 0.3 is 0 Å². The van der Waals surface area contributed by atoms with E-state index in [0.29, 0.717) is 5.13 Å². The molecule has 1 atom stereocenters. The van der Waals surface area contributed by atoms with Crippen LogP contribution in [0.25, 0.3) is 0 Å². The van der Waals surface area contributed by atoms with Crippen molar-refractivity contribution in [3.05, 3.63) is 40.9 Å². The number of aryl methyl sites for hydroxylation is 1. The maximum Gasteiger partial charge on any atom is 0.235 e. The Morgan fingerprint density at radius 3 is 2.55 bits per heavy atom. The van der Waals surface area contributed by atoms with Gasteiger partial charge in [0.2, 0.25) is 16.9 Å². The van der Waals surface area contributed by atoms with Gasteiger partial charge in [0, 0.05) is 13.5 Å². The second kappa shape index (κ2) is 7.65. The maximum absolute atomic E-state index is 12.5. The van der Waals surface area contributed by atoms with E-state index < -0.39 is 5.92 Å². The van der Waals surface area contributed by atoms with E-state index in [1.165, 1.54) is 18.3 Å². The molecule has 7 heteroatoms. The lowest BCUT2D eigenvalue weighted by atomic mass is 9.98. The van der Waals surface area contributed by atoms with Gasteiger partial charge in [-0.1, -0.05) is 48.6 Å². The Morgan fingerprint density at radius 2 is 1.95 bits per heavy atom. The Morgan fingerprint density at radius 1 is 1.23 bits per heavy atom. The third kappa shape index (κ3) is 4.36. The van der Waals surface area contributed by atoms with Gasteiger partial charge in [0.15, 0.2) is 0 Å². The molecule has 0 saturated carbocycles. The molecule has 2 amide bonds. The standard InChI is InChI=1S/C15H18N4O2S/c1-3-13-18-19-15(22-13)17-14(21)12(9-16-10(2)20)11-7-5-4-6-8-11/h4-8,12H,3,9H2,1-2H3,(H,16,20)(H,17,19,21). The van der Waals surface area contributed by atoms with Crippen molar-refractivity contribution in [3.63, 3.8) is 0 Å². The first-order valence-electron chi connectivity index (χ1n) is 7.02. The highest BCUT2D eigenvalue weighted by molar-refractivity contribution is 7.15. The lowest BCUT2D eigenvalue weighted by Gasteiger charge is -2.16. The van der Waals surface area contributed by atoms with E-state index in [0.717, 1.165) is 17.0 Å². The average Bonchev–Trinajstić information content (AvgIpc) is 2.96. The SMILES string of the molecule is CCc1nnc(NC(=O)C(CNC(C)=O)c2ccccc2)s1. The third-order valence-corrected chi connectivity index (χ3v) is 4.06. The van der Waals surface area contributed by atoms with Crippen LogP contribution in [0.1, 0.15) is 30.3 Å². The van der Waals surface area contributed by atoms with E-state index in [-0.39, 0.29) is 18.4 Å². The number of nitrogens with one attached hydrogen (secondary N) is 2. The molecule has 1 aromatic heterocycles. The van der Waals surface area contributed by atoms with Crippen LogP contribution in [-0.2, 0) is 16.0 Å². The van der Waals surface area contributed by atoms with Crippen LogP contribution in [0.5, 0.6) is 0 Å². The lowest BCUT2D eigenvalue weighted by molar-refractivity contribution is -0.119. The number of hydrogen-bond donors (Lipinski definition) is 2. The molecule has 116 valence electrons. The number of benzene rings is 1. The van der Waals surface area contributed by atoms with Crippen LogP contribution in [0.3, 0.4) is 0 Å². The van der Waals surface area contributed by atoms with Crippen molar-refractivity contribution in [2.24, 2.45) is 0 Å². The molecule has 0 radical (unpaired) electrons. The van der Waals surface area contributed by atoms with Crippen molar-refractivity contribution in [1.29, 1.82) is 0 Å². The smallest absolute Gasteiger partial charge is 0.235 e. The predicted molar refractivity (Wildman–Crippen MR) is 85.8 cm³/mol. The number of carbonyl (C=O) groups excluding carboxylic acids is 2. The highest BCUT2D eigenvalue weighted by Gasteiger charge is 2.22. The van der Waals surface area contributed by atoms with E-state index in [1.807, 2.05) is 37.3 Å². The zero-order chi connectivity index (χ0) is 15.9. The molecule has 2 N–H and O–H groups in total. The van der Waals surface area contributed by atoms with Crippen LogP contribution in [0.2, 0.25) is 0 Å². The van der Waals surface area contributed by atoms with Gasteiger partial charge < -0.3 is 5.32 Å². The number of hydrogen-bond acceptors (Lipinski definition) is 5. The summed E-state index contributed by atoms with van der Waals surface area (Å²) >= 11 is 1.36. The summed E-state index contributed by atoms with van der Waals surface area (Å²) in [4.78, 5) is 23.6. The van der Waals surface area contributed by atoms with Crippen LogP contribution in [0.15, 0.2) is 30.3 Å². The van der Waals surface area contributed by atoms with Crippen LogP contribution < -0.4 is 10.6 Å². The number of rotatable bonds is 6. The zero-order valence-electron chi connectivity index (χ0n) is 12.5. The molecule has 1 aromatic carbocycles. The van der Waals surface area contributed by atoms with Gasteiger partial charge in [-0.25, -0.2) is 0 Å². The number of anilines is 1. The quantitative estimate of drug-likeness (QED) is 0.853. The molecule has 0 aliphatic rings. The van der Waals surface area contributed by atoms with Gasteiger partial charge in [-0.2, -0.15) is 0 Å². The van der Waals surface area contributed by atoms with E-state index in [9.17, 15) is 9.59 Å². The first-order valence-corrected chi connectivity index (χ1v) is 7.84. The molecule has 2 rings (SSSR count). The second-order valence-electron chi connectivity index (χ2n) is 4.74. The number of amides is 2. The molecule has 2 aromatic rings. The fraction of sp³-hybridized carbons (Fsp3) is 0.333. The van der Waals surface area contributed by atoms with Crippen molar-refractivity contribution in [3.8, 4) is 0 Å². The molecule has 0 spiro atoms. The summed E-state index contributed by atoms with van der Waals surface area (Å²) in [5, 5.41) is 14.7. The fourth-order valence-electron chi connectivity index (χ4n) is 1.93. The second-order valence-corrected chi connectivity index (χ2v) is 5.81. The van der Waals surface area contributed by atoms with Crippen molar-refractivity contribution < 1.29 is 9.59 Å². The van der Waals surface area contributed by atoms with Gasteiger partial charge in [0.05, 0.1) is 5.92 Å². The molecular weight excluding hydrogens is 300 g/mol. The highest BCUT2D eigenvalue weighted by Crippen LogP contribution is 2.20. The minimum absolute atomic E-state index is 0.169. The molecule has 22 heavy (non-hydrogen) atoms. The number of carbonyl (C=O) groups is 2. The fourth-order valence-corrected chi connectivity index (χ4v) is 2.62.